The van der Waals surface area contributed by atoms with Gasteiger partial charge in [0.2, 0.25) is 17.7 Å². The normalized spacial score (nSPS) is 14.3. The minimum Gasteiger partial charge on any atom is -0.333 e. The van der Waals surface area contributed by atoms with Crippen LogP contribution in [0.3, 0.4) is 0 Å². The highest BCUT2D eigenvalue weighted by molar-refractivity contribution is 5.97. The van der Waals surface area contributed by atoms with Gasteiger partial charge in [-0.15, -0.1) is 0 Å². The monoisotopic (exact) mass is 314 g/mol. The predicted molar refractivity (Wildman–Crippen MR) is 90.3 cm³/mol. The van der Waals surface area contributed by atoms with Gasteiger partial charge in [-0.1, -0.05) is 48.0 Å². The maximum absolute atomic E-state index is 11.5. The first kappa shape index (κ1) is 22.9. The molecule has 0 aromatic heterocycles. The first-order valence-electron chi connectivity index (χ1n) is 8.63. The lowest BCUT2D eigenvalue weighted by Gasteiger charge is -2.14. The van der Waals surface area contributed by atoms with E-state index in [0.717, 1.165) is 19.3 Å². The Morgan fingerprint density at radius 3 is 2.23 bits per heavy atom. The van der Waals surface area contributed by atoms with Crippen LogP contribution in [0.25, 0.3) is 0 Å². The zero-order valence-corrected chi connectivity index (χ0v) is 15.2. The summed E-state index contributed by atoms with van der Waals surface area (Å²) in [5.74, 6) is -0.130. The van der Waals surface area contributed by atoms with Crippen molar-refractivity contribution in [3.63, 3.8) is 0 Å². The van der Waals surface area contributed by atoms with E-state index in [2.05, 4.69) is 19.2 Å². The molecule has 1 heterocycles. The molecule has 1 rings (SSSR count). The topological polar surface area (TPSA) is 66.5 Å². The van der Waals surface area contributed by atoms with Gasteiger partial charge in [-0.05, 0) is 18.8 Å². The Bertz CT molecular complexity index is 330. The van der Waals surface area contributed by atoms with E-state index in [-0.39, 0.29) is 24.3 Å². The molecule has 1 unspecified atom stereocenters. The van der Waals surface area contributed by atoms with Gasteiger partial charge in [0, 0.05) is 19.4 Å². The molecular weight excluding hydrogens is 280 g/mol. The quantitative estimate of drug-likeness (QED) is 0.819. The molecule has 1 saturated heterocycles. The van der Waals surface area contributed by atoms with E-state index >= 15 is 0 Å². The fourth-order valence-electron chi connectivity index (χ4n) is 1.88. The molecule has 1 aliphatic rings. The molecular formula is C17H34N2O3. The van der Waals surface area contributed by atoms with E-state index in [1.54, 1.807) is 0 Å². The van der Waals surface area contributed by atoms with Crippen molar-refractivity contribution in [2.24, 2.45) is 5.92 Å². The van der Waals surface area contributed by atoms with Crippen molar-refractivity contribution in [2.75, 3.05) is 13.1 Å². The summed E-state index contributed by atoms with van der Waals surface area (Å²) in [6.07, 6.45) is 3.50. The van der Waals surface area contributed by atoms with Crippen LogP contribution in [-0.2, 0) is 14.4 Å². The van der Waals surface area contributed by atoms with E-state index < -0.39 is 0 Å². The molecule has 0 spiro atoms. The molecule has 0 radical (unpaired) electrons. The smallest absolute Gasteiger partial charge is 0.246 e. The fourth-order valence-corrected chi connectivity index (χ4v) is 1.88. The lowest BCUT2D eigenvalue weighted by atomic mass is 10.0. The van der Waals surface area contributed by atoms with Crippen LogP contribution in [0.15, 0.2) is 0 Å². The summed E-state index contributed by atoms with van der Waals surface area (Å²) in [6.45, 7) is 12.8. The molecule has 5 nitrogen and oxygen atoms in total. The number of amides is 3. The zero-order valence-electron chi connectivity index (χ0n) is 15.2. The lowest BCUT2D eigenvalue weighted by Crippen LogP contribution is -2.40. The molecule has 130 valence electrons. The van der Waals surface area contributed by atoms with E-state index in [4.69, 9.17) is 0 Å². The Balaban J connectivity index is 0. The number of carbonyl (C=O) groups excluding carboxylic acids is 3. The largest absolute Gasteiger partial charge is 0.333 e. The van der Waals surface area contributed by atoms with Gasteiger partial charge < -0.3 is 4.90 Å². The average molecular weight is 314 g/mol. The molecule has 0 aromatic carbocycles. The van der Waals surface area contributed by atoms with E-state index in [1.165, 1.54) is 4.90 Å². The maximum atomic E-state index is 11.5. The Morgan fingerprint density at radius 1 is 1.18 bits per heavy atom. The minimum absolute atomic E-state index is 0.00259. The minimum atomic E-state index is -0.376. The third-order valence-electron chi connectivity index (χ3n) is 3.35. The molecule has 22 heavy (non-hydrogen) atoms. The van der Waals surface area contributed by atoms with Crippen LogP contribution >= 0.6 is 0 Å². The Hall–Kier alpha value is -1.39. The third kappa shape index (κ3) is 10.4. The molecule has 1 atom stereocenters. The second kappa shape index (κ2) is 14.5. The number of nitrogens with one attached hydrogen (secondary N) is 1. The van der Waals surface area contributed by atoms with Crippen molar-refractivity contribution < 1.29 is 14.4 Å². The standard InChI is InChI=1S/C13H22N2O3.2C2H6/c1-3-10(2)6-7-11(16)14-12(17)9-15-8-4-5-13(15)18;2*1-2/h10H,3-9H2,1-2H3,(H,14,16,17);2*1-2H3. The van der Waals surface area contributed by atoms with E-state index in [0.29, 0.717) is 25.3 Å². The second-order valence-corrected chi connectivity index (χ2v) is 4.94. The summed E-state index contributed by atoms with van der Waals surface area (Å²) >= 11 is 0. The molecule has 1 aliphatic heterocycles. The predicted octanol–water partition coefficient (Wildman–Crippen LogP) is 3.13. The Kier molecular flexibility index (Phi) is 15.1. The van der Waals surface area contributed by atoms with Crippen molar-refractivity contribution in [2.45, 2.75) is 73.6 Å². The summed E-state index contributed by atoms with van der Waals surface area (Å²) in [4.78, 5) is 35.8. The van der Waals surface area contributed by atoms with Gasteiger partial charge >= 0.3 is 0 Å². The number of hydrogen-bond acceptors (Lipinski definition) is 3. The summed E-state index contributed by atoms with van der Waals surface area (Å²) in [5, 5.41) is 2.34. The Labute approximate surface area is 135 Å². The summed E-state index contributed by atoms with van der Waals surface area (Å²) < 4.78 is 0. The maximum Gasteiger partial charge on any atom is 0.246 e. The molecule has 1 N–H and O–H groups in total. The van der Waals surface area contributed by atoms with Crippen molar-refractivity contribution >= 4 is 17.7 Å². The molecule has 1 fully saturated rings. The first-order chi connectivity index (χ1) is 10.5. The molecule has 3 amide bonds. The summed E-state index contributed by atoms with van der Waals surface area (Å²) in [7, 11) is 0. The first-order valence-corrected chi connectivity index (χ1v) is 8.63. The molecule has 5 heteroatoms. The van der Waals surface area contributed by atoms with Crippen LogP contribution < -0.4 is 5.32 Å². The number of imide groups is 1. The van der Waals surface area contributed by atoms with Gasteiger partial charge in [-0.2, -0.15) is 0 Å². The van der Waals surface area contributed by atoms with Gasteiger partial charge in [0.25, 0.3) is 0 Å². The highest BCUT2D eigenvalue weighted by Crippen LogP contribution is 2.10. The van der Waals surface area contributed by atoms with E-state index in [9.17, 15) is 14.4 Å². The second-order valence-electron chi connectivity index (χ2n) is 4.94. The average Bonchev–Trinajstić information content (AvgIpc) is 2.93. The van der Waals surface area contributed by atoms with Crippen LogP contribution in [0, 0.1) is 5.92 Å². The number of rotatable bonds is 6. The highest BCUT2D eigenvalue weighted by atomic mass is 16.2. The number of nitrogens with zero attached hydrogens (tertiary/aromatic N) is 1. The molecule has 0 saturated carbocycles. The molecule has 0 aliphatic carbocycles. The van der Waals surface area contributed by atoms with Crippen molar-refractivity contribution in [3.8, 4) is 0 Å². The van der Waals surface area contributed by atoms with Crippen LogP contribution in [0.4, 0.5) is 0 Å². The van der Waals surface area contributed by atoms with Gasteiger partial charge in [-0.25, -0.2) is 0 Å². The van der Waals surface area contributed by atoms with Gasteiger partial charge in [0.15, 0.2) is 0 Å². The lowest BCUT2D eigenvalue weighted by molar-refractivity contribution is -0.136. The number of carbonyl (C=O) groups is 3. The van der Waals surface area contributed by atoms with Crippen LogP contribution in [0.2, 0.25) is 0 Å². The van der Waals surface area contributed by atoms with Gasteiger partial charge in [-0.3, -0.25) is 19.7 Å². The van der Waals surface area contributed by atoms with Gasteiger partial charge in [0.1, 0.15) is 0 Å². The summed E-state index contributed by atoms with van der Waals surface area (Å²) in [6, 6.07) is 0. The zero-order chi connectivity index (χ0) is 17.5. The van der Waals surface area contributed by atoms with Crippen molar-refractivity contribution in [3.05, 3.63) is 0 Å². The van der Waals surface area contributed by atoms with Crippen LogP contribution in [0.1, 0.15) is 73.6 Å². The van der Waals surface area contributed by atoms with Crippen molar-refractivity contribution in [1.82, 2.24) is 10.2 Å². The SMILES string of the molecule is CC.CC.CCC(C)CCC(=O)NC(=O)CN1CCCC1=O. The number of hydrogen-bond donors (Lipinski definition) is 1. The van der Waals surface area contributed by atoms with Gasteiger partial charge in [0.05, 0.1) is 6.54 Å². The molecule has 0 aromatic rings. The third-order valence-corrected chi connectivity index (χ3v) is 3.35. The van der Waals surface area contributed by atoms with Crippen LogP contribution in [0.5, 0.6) is 0 Å². The fraction of sp³-hybridized carbons (Fsp3) is 0.824. The van der Waals surface area contributed by atoms with Crippen molar-refractivity contribution in [1.29, 1.82) is 0 Å². The van der Waals surface area contributed by atoms with E-state index in [1.807, 2.05) is 27.7 Å². The molecule has 0 bridgehead atoms. The number of likely N-dealkylation sites (tertiary alicyclic amines) is 1. The Morgan fingerprint density at radius 2 is 1.77 bits per heavy atom. The highest BCUT2D eigenvalue weighted by Gasteiger charge is 2.22. The van der Waals surface area contributed by atoms with Crippen LogP contribution in [-0.4, -0.2) is 35.7 Å². The summed E-state index contributed by atoms with van der Waals surface area (Å²) in [5.41, 5.74) is 0.